The highest BCUT2D eigenvalue weighted by molar-refractivity contribution is 6.55. The maximum atomic E-state index is 6.42. The monoisotopic (exact) mass is 558 g/mol. The predicted octanol–water partition coefficient (Wildman–Crippen LogP) is 11.8. The number of hydrogen-bond donors (Lipinski definition) is 0. The van der Waals surface area contributed by atoms with Gasteiger partial charge in [0, 0.05) is 5.56 Å². The number of quaternary nitrogens is 1. The normalized spacial score (nSPS) is 12.0. The third-order valence-electron chi connectivity index (χ3n) is 6.50. The molecule has 0 aromatic heterocycles. The van der Waals surface area contributed by atoms with Gasteiger partial charge >= 0.3 is 0 Å². The van der Waals surface area contributed by atoms with Crippen LogP contribution in [-0.2, 0) is 6.54 Å². The lowest BCUT2D eigenvalue weighted by Gasteiger charge is -2.31. The molecular formula is C27H45Cl5N+. The van der Waals surface area contributed by atoms with Crippen LogP contribution in [0.4, 0.5) is 0 Å². The second kappa shape index (κ2) is 18.0. The molecule has 0 atom stereocenters. The number of halogens is 5. The molecule has 0 aliphatic heterocycles. The van der Waals surface area contributed by atoms with Crippen LogP contribution >= 0.6 is 58.0 Å². The highest BCUT2D eigenvalue weighted by Gasteiger charge is 2.25. The largest absolute Gasteiger partial charge is 0.325 e. The average molecular weight is 561 g/mol. The van der Waals surface area contributed by atoms with Crippen molar-refractivity contribution in [3.63, 3.8) is 0 Å². The summed E-state index contributed by atoms with van der Waals surface area (Å²) in [4.78, 5) is 0. The van der Waals surface area contributed by atoms with Crippen molar-refractivity contribution in [3.8, 4) is 0 Å². The van der Waals surface area contributed by atoms with Crippen LogP contribution in [0.3, 0.4) is 0 Å². The third kappa shape index (κ3) is 12.9. The maximum Gasteiger partial charge on any atom is 0.107 e. The summed E-state index contributed by atoms with van der Waals surface area (Å²) < 4.78 is 0.784. The molecule has 0 spiro atoms. The predicted molar refractivity (Wildman–Crippen MR) is 152 cm³/mol. The second-order valence-corrected chi connectivity index (χ2v) is 12.1. The van der Waals surface area contributed by atoms with E-state index in [4.69, 9.17) is 58.0 Å². The van der Waals surface area contributed by atoms with E-state index in [9.17, 15) is 0 Å². The molecular weight excluding hydrogens is 516 g/mol. The fourth-order valence-electron chi connectivity index (χ4n) is 4.38. The van der Waals surface area contributed by atoms with E-state index in [1.807, 2.05) is 0 Å². The molecule has 0 saturated carbocycles. The maximum absolute atomic E-state index is 6.42. The number of hydrogen-bond acceptors (Lipinski definition) is 0. The molecule has 0 N–H and O–H groups in total. The van der Waals surface area contributed by atoms with Gasteiger partial charge in [0.05, 0.1) is 45.8 Å². The first-order valence-corrected chi connectivity index (χ1v) is 14.9. The molecule has 6 heteroatoms. The molecule has 0 heterocycles. The minimum Gasteiger partial charge on any atom is -0.325 e. The summed E-state index contributed by atoms with van der Waals surface area (Å²) in [6, 6.07) is 0. The molecule has 0 unspecified atom stereocenters. The van der Waals surface area contributed by atoms with E-state index in [1.165, 1.54) is 103 Å². The van der Waals surface area contributed by atoms with Gasteiger partial charge in [0.2, 0.25) is 0 Å². The topological polar surface area (TPSA) is 0 Å². The van der Waals surface area contributed by atoms with Crippen molar-refractivity contribution in [2.45, 2.75) is 116 Å². The lowest BCUT2D eigenvalue weighted by molar-refractivity contribution is -0.903. The SMILES string of the molecule is CCCCCCCCCCCCCCCCCC[N+](C)(C)Cc1c(Cl)c(Cl)c(Cl)c(Cl)c1Cl. The van der Waals surface area contributed by atoms with Gasteiger partial charge in [0.1, 0.15) is 6.54 Å². The van der Waals surface area contributed by atoms with Crippen LogP contribution in [0.5, 0.6) is 0 Å². The van der Waals surface area contributed by atoms with E-state index in [0.717, 1.165) is 16.6 Å². The Labute approximate surface area is 229 Å². The minimum absolute atomic E-state index is 0.222. The molecule has 1 aromatic carbocycles. The quantitative estimate of drug-likeness (QED) is 0.0683. The first kappa shape index (κ1) is 31.7. The van der Waals surface area contributed by atoms with E-state index < -0.39 is 0 Å². The van der Waals surface area contributed by atoms with Gasteiger partial charge < -0.3 is 4.48 Å². The lowest BCUT2D eigenvalue weighted by Crippen LogP contribution is -2.39. The summed E-state index contributed by atoms with van der Waals surface area (Å²) >= 11 is 31.4. The van der Waals surface area contributed by atoms with Crippen LogP contribution in [-0.4, -0.2) is 25.1 Å². The van der Waals surface area contributed by atoms with Crippen molar-refractivity contribution in [2.75, 3.05) is 20.6 Å². The van der Waals surface area contributed by atoms with Crippen LogP contribution in [0.25, 0.3) is 0 Å². The molecule has 0 bridgehead atoms. The van der Waals surface area contributed by atoms with Gasteiger partial charge in [-0.05, 0) is 12.8 Å². The first-order valence-electron chi connectivity index (χ1n) is 13.0. The van der Waals surface area contributed by atoms with Gasteiger partial charge in [-0.1, -0.05) is 155 Å². The standard InChI is InChI=1S/C27H45Cl5N/c1-4-5-6-7-8-9-10-11-12-13-14-15-16-17-18-19-20-33(2,3)21-22-23(28)25(30)27(32)26(31)24(22)29/h4-21H2,1-3H3/q+1. The van der Waals surface area contributed by atoms with E-state index in [-0.39, 0.29) is 15.1 Å². The Morgan fingerprint density at radius 1 is 0.455 bits per heavy atom. The van der Waals surface area contributed by atoms with Gasteiger partial charge in [-0.3, -0.25) is 0 Å². The van der Waals surface area contributed by atoms with Crippen LogP contribution in [0.1, 0.15) is 115 Å². The van der Waals surface area contributed by atoms with Gasteiger partial charge in [0.25, 0.3) is 0 Å². The van der Waals surface area contributed by atoms with E-state index in [0.29, 0.717) is 16.6 Å². The van der Waals surface area contributed by atoms with Crippen LogP contribution < -0.4 is 0 Å². The Kier molecular flexibility index (Phi) is 17.2. The zero-order valence-electron chi connectivity index (χ0n) is 21.1. The fraction of sp³-hybridized carbons (Fsp3) is 0.778. The van der Waals surface area contributed by atoms with Crippen molar-refractivity contribution in [3.05, 3.63) is 30.7 Å². The number of rotatable bonds is 19. The smallest absolute Gasteiger partial charge is 0.107 e. The number of unbranched alkanes of at least 4 members (excludes halogenated alkanes) is 15. The molecule has 0 radical (unpaired) electrons. The molecule has 0 aliphatic rings. The van der Waals surface area contributed by atoms with E-state index in [2.05, 4.69) is 21.0 Å². The summed E-state index contributed by atoms with van der Waals surface area (Å²) in [6.45, 7) is 4.02. The van der Waals surface area contributed by atoms with Crippen molar-refractivity contribution < 1.29 is 4.48 Å². The zero-order chi connectivity index (χ0) is 24.7. The van der Waals surface area contributed by atoms with Crippen molar-refractivity contribution >= 4 is 58.0 Å². The molecule has 192 valence electrons. The van der Waals surface area contributed by atoms with Crippen LogP contribution in [0.15, 0.2) is 0 Å². The summed E-state index contributed by atoms with van der Waals surface area (Å²) in [5.74, 6) is 0. The van der Waals surface area contributed by atoms with Gasteiger partial charge in [0.15, 0.2) is 0 Å². The number of nitrogens with zero attached hydrogens (tertiary/aromatic N) is 1. The second-order valence-electron chi connectivity index (χ2n) is 10.2. The van der Waals surface area contributed by atoms with Crippen LogP contribution in [0.2, 0.25) is 25.1 Å². The highest BCUT2D eigenvalue weighted by atomic mass is 35.5. The summed E-state index contributed by atoms with van der Waals surface area (Å²) in [6.07, 6.45) is 22.1. The minimum atomic E-state index is 0.222. The summed E-state index contributed by atoms with van der Waals surface area (Å²) in [5.41, 5.74) is 0.777. The van der Waals surface area contributed by atoms with E-state index in [1.54, 1.807) is 0 Å². The Morgan fingerprint density at radius 3 is 1.12 bits per heavy atom. The van der Waals surface area contributed by atoms with Gasteiger partial charge in [-0.2, -0.15) is 0 Å². The average Bonchev–Trinajstić information content (AvgIpc) is 2.79. The van der Waals surface area contributed by atoms with Crippen LogP contribution in [0, 0.1) is 0 Å². The van der Waals surface area contributed by atoms with Crippen molar-refractivity contribution in [2.24, 2.45) is 0 Å². The summed E-state index contributed by atoms with van der Waals surface area (Å²) in [7, 11) is 4.38. The van der Waals surface area contributed by atoms with Crippen molar-refractivity contribution in [1.29, 1.82) is 0 Å². The number of benzene rings is 1. The lowest BCUT2D eigenvalue weighted by atomic mass is 10.0. The third-order valence-corrected chi connectivity index (χ3v) is 8.86. The molecule has 1 aromatic rings. The Balaban J connectivity index is 2.10. The molecule has 0 fully saturated rings. The van der Waals surface area contributed by atoms with Gasteiger partial charge in [-0.15, -0.1) is 0 Å². The molecule has 1 rings (SSSR count). The Hall–Kier alpha value is 0.630. The Bertz CT molecular complexity index is 646. The Morgan fingerprint density at radius 2 is 0.758 bits per heavy atom. The first-order chi connectivity index (χ1) is 15.7. The molecule has 33 heavy (non-hydrogen) atoms. The summed E-state index contributed by atoms with van der Waals surface area (Å²) in [5, 5.41) is 1.61. The zero-order valence-corrected chi connectivity index (χ0v) is 24.8. The molecule has 0 amide bonds. The van der Waals surface area contributed by atoms with Gasteiger partial charge in [-0.25, -0.2) is 0 Å². The molecule has 0 saturated heterocycles. The van der Waals surface area contributed by atoms with Crippen molar-refractivity contribution in [1.82, 2.24) is 0 Å². The molecule has 0 aliphatic carbocycles. The molecule has 1 nitrogen and oxygen atoms in total. The van der Waals surface area contributed by atoms with E-state index >= 15 is 0 Å². The highest BCUT2D eigenvalue weighted by Crippen LogP contribution is 2.44. The fourth-order valence-corrected chi connectivity index (χ4v) is 5.68.